The summed E-state index contributed by atoms with van der Waals surface area (Å²) in [5.41, 5.74) is 0.385. The molecule has 0 saturated carbocycles. The molecule has 2 nitrogen and oxygen atoms in total. The van der Waals surface area contributed by atoms with E-state index in [0.29, 0.717) is 11.5 Å². The third kappa shape index (κ3) is 2.96. The number of carbonyl (C=O) groups is 1. The Balaban J connectivity index is 2.67. The van der Waals surface area contributed by atoms with Crippen molar-refractivity contribution in [2.45, 2.75) is 59.9 Å². The van der Waals surface area contributed by atoms with Crippen LogP contribution in [0.25, 0.3) is 0 Å². The van der Waals surface area contributed by atoms with Crippen LogP contribution < -0.4 is 0 Å². The Hall–Kier alpha value is -0.530. The van der Waals surface area contributed by atoms with Crippen molar-refractivity contribution in [1.82, 2.24) is 4.90 Å². The third-order valence-corrected chi connectivity index (χ3v) is 3.82. The van der Waals surface area contributed by atoms with Crippen LogP contribution in [0.2, 0.25) is 0 Å². The number of piperidine rings is 1. The van der Waals surface area contributed by atoms with Crippen LogP contribution in [-0.4, -0.2) is 23.4 Å². The van der Waals surface area contributed by atoms with E-state index in [9.17, 15) is 4.79 Å². The molecule has 1 fully saturated rings. The second kappa shape index (κ2) is 4.54. The lowest BCUT2D eigenvalue weighted by atomic mass is 9.73. The minimum Gasteiger partial charge on any atom is -0.340 e. The highest BCUT2D eigenvalue weighted by molar-refractivity contribution is 5.73. The SMILES string of the molecule is CCC1CC(C(C)(C)C)CCN1C(C)=O. The van der Waals surface area contributed by atoms with E-state index in [0.717, 1.165) is 18.9 Å². The molecular formula is C13H25NO. The van der Waals surface area contributed by atoms with Crippen molar-refractivity contribution >= 4 is 5.91 Å². The van der Waals surface area contributed by atoms with Crippen LogP contribution in [0.4, 0.5) is 0 Å². The minimum atomic E-state index is 0.245. The monoisotopic (exact) mass is 211 g/mol. The van der Waals surface area contributed by atoms with Gasteiger partial charge in [0.2, 0.25) is 5.91 Å². The van der Waals surface area contributed by atoms with E-state index in [-0.39, 0.29) is 5.91 Å². The zero-order valence-corrected chi connectivity index (χ0v) is 10.8. The van der Waals surface area contributed by atoms with Crippen LogP contribution in [0.1, 0.15) is 53.9 Å². The quantitative estimate of drug-likeness (QED) is 0.652. The predicted molar refractivity (Wildman–Crippen MR) is 63.6 cm³/mol. The van der Waals surface area contributed by atoms with Crippen molar-refractivity contribution in [2.75, 3.05) is 6.54 Å². The van der Waals surface area contributed by atoms with Gasteiger partial charge in [0.15, 0.2) is 0 Å². The van der Waals surface area contributed by atoms with E-state index in [1.165, 1.54) is 12.8 Å². The molecule has 2 heteroatoms. The lowest BCUT2D eigenvalue weighted by Gasteiger charge is -2.43. The zero-order valence-electron chi connectivity index (χ0n) is 10.8. The first-order chi connectivity index (χ1) is 6.86. The van der Waals surface area contributed by atoms with Gasteiger partial charge in [-0.2, -0.15) is 0 Å². The molecule has 0 aromatic rings. The second-order valence-electron chi connectivity index (χ2n) is 5.86. The first-order valence-corrected chi connectivity index (χ1v) is 6.13. The first-order valence-electron chi connectivity index (χ1n) is 6.13. The average Bonchev–Trinajstić information content (AvgIpc) is 2.15. The first kappa shape index (κ1) is 12.5. The van der Waals surface area contributed by atoms with Gasteiger partial charge in [0.25, 0.3) is 0 Å². The molecule has 1 saturated heterocycles. The Kier molecular flexibility index (Phi) is 3.80. The highest BCUT2D eigenvalue weighted by Gasteiger charge is 2.34. The van der Waals surface area contributed by atoms with Gasteiger partial charge in [-0.25, -0.2) is 0 Å². The fourth-order valence-electron chi connectivity index (χ4n) is 2.64. The van der Waals surface area contributed by atoms with Crippen LogP contribution in [0.3, 0.4) is 0 Å². The molecule has 88 valence electrons. The lowest BCUT2D eigenvalue weighted by molar-refractivity contribution is -0.134. The smallest absolute Gasteiger partial charge is 0.219 e. The summed E-state index contributed by atoms with van der Waals surface area (Å²) < 4.78 is 0. The van der Waals surface area contributed by atoms with Crippen molar-refractivity contribution in [3.8, 4) is 0 Å². The molecule has 1 aliphatic heterocycles. The summed E-state index contributed by atoms with van der Waals surface area (Å²) in [4.78, 5) is 13.5. The molecule has 0 bridgehead atoms. The summed E-state index contributed by atoms with van der Waals surface area (Å²) >= 11 is 0. The Morgan fingerprint density at radius 2 is 2.00 bits per heavy atom. The number of carbonyl (C=O) groups excluding carboxylic acids is 1. The van der Waals surface area contributed by atoms with Gasteiger partial charge in [-0.3, -0.25) is 4.79 Å². The fourth-order valence-corrected chi connectivity index (χ4v) is 2.64. The Morgan fingerprint density at radius 1 is 1.40 bits per heavy atom. The van der Waals surface area contributed by atoms with Gasteiger partial charge in [0.05, 0.1) is 0 Å². The topological polar surface area (TPSA) is 20.3 Å². The van der Waals surface area contributed by atoms with E-state index >= 15 is 0 Å². The summed E-state index contributed by atoms with van der Waals surface area (Å²) in [6, 6.07) is 0.473. The van der Waals surface area contributed by atoms with Gasteiger partial charge in [0, 0.05) is 19.5 Å². The highest BCUT2D eigenvalue weighted by atomic mass is 16.2. The predicted octanol–water partition coefficient (Wildman–Crippen LogP) is 3.07. The largest absolute Gasteiger partial charge is 0.340 e. The average molecular weight is 211 g/mol. The van der Waals surface area contributed by atoms with Crippen molar-refractivity contribution in [2.24, 2.45) is 11.3 Å². The molecule has 0 aromatic carbocycles. The van der Waals surface area contributed by atoms with Gasteiger partial charge in [-0.1, -0.05) is 27.7 Å². The molecule has 0 aliphatic carbocycles. The van der Waals surface area contributed by atoms with Crippen molar-refractivity contribution in [1.29, 1.82) is 0 Å². The molecule has 1 heterocycles. The maximum absolute atomic E-state index is 11.5. The maximum atomic E-state index is 11.5. The Labute approximate surface area is 94.0 Å². The van der Waals surface area contributed by atoms with Crippen LogP contribution >= 0.6 is 0 Å². The number of amides is 1. The molecule has 0 spiro atoms. The Morgan fingerprint density at radius 3 is 2.40 bits per heavy atom. The van der Waals surface area contributed by atoms with Crippen LogP contribution in [0.5, 0.6) is 0 Å². The number of likely N-dealkylation sites (tertiary alicyclic amines) is 1. The molecule has 1 amide bonds. The van der Waals surface area contributed by atoms with E-state index in [2.05, 4.69) is 32.6 Å². The molecule has 0 aromatic heterocycles. The van der Waals surface area contributed by atoms with E-state index < -0.39 is 0 Å². The summed E-state index contributed by atoms with van der Waals surface area (Å²) in [6.45, 7) is 11.8. The van der Waals surface area contributed by atoms with E-state index in [1.54, 1.807) is 6.92 Å². The molecule has 2 atom stereocenters. The van der Waals surface area contributed by atoms with Crippen molar-refractivity contribution < 1.29 is 4.79 Å². The Bertz CT molecular complexity index is 229. The minimum absolute atomic E-state index is 0.245. The fraction of sp³-hybridized carbons (Fsp3) is 0.923. The molecule has 2 unspecified atom stereocenters. The normalized spacial score (nSPS) is 27.9. The molecule has 0 radical (unpaired) electrons. The van der Waals surface area contributed by atoms with Crippen molar-refractivity contribution in [3.63, 3.8) is 0 Å². The molecule has 1 aliphatic rings. The number of rotatable bonds is 1. The number of hydrogen-bond donors (Lipinski definition) is 0. The van der Waals surface area contributed by atoms with Crippen molar-refractivity contribution in [3.05, 3.63) is 0 Å². The van der Waals surface area contributed by atoms with Crippen LogP contribution in [-0.2, 0) is 4.79 Å². The number of hydrogen-bond acceptors (Lipinski definition) is 1. The summed E-state index contributed by atoms with van der Waals surface area (Å²) in [5.74, 6) is 1.01. The molecular weight excluding hydrogens is 186 g/mol. The van der Waals surface area contributed by atoms with Crippen LogP contribution in [0, 0.1) is 11.3 Å². The number of nitrogens with zero attached hydrogens (tertiary/aromatic N) is 1. The summed E-state index contributed by atoms with van der Waals surface area (Å²) in [7, 11) is 0. The van der Waals surface area contributed by atoms with Gasteiger partial charge < -0.3 is 4.90 Å². The molecule has 0 N–H and O–H groups in total. The summed E-state index contributed by atoms with van der Waals surface area (Å²) in [5, 5.41) is 0. The standard InChI is InChI=1S/C13H25NO/c1-6-12-9-11(13(3,4)5)7-8-14(12)10(2)15/h11-12H,6-9H2,1-5H3. The van der Waals surface area contributed by atoms with Gasteiger partial charge >= 0.3 is 0 Å². The lowest BCUT2D eigenvalue weighted by Crippen LogP contribution is -2.47. The van der Waals surface area contributed by atoms with Crippen LogP contribution in [0.15, 0.2) is 0 Å². The van der Waals surface area contributed by atoms with Gasteiger partial charge in [0.1, 0.15) is 0 Å². The molecule has 15 heavy (non-hydrogen) atoms. The zero-order chi connectivity index (χ0) is 11.6. The second-order valence-corrected chi connectivity index (χ2v) is 5.86. The maximum Gasteiger partial charge on any atom is 0.219 e. The van der Waals surface area contributed by atoms with Gasteiger partial charge in [-0.15, -0.1) is 0 Å². The third-order valence-electron chi connectivity index (χ3n) is 3.82. The van der Waals surface area contributed by atoms with Gasteiger partial charge in [-0.05, 0) is 30.6 Å². The molecule has 1 rings (SSSR count). The van der Waals surface area contributed by atoms with E-state index in [4.69, 9.17) is 0 Å². The van der Waals surface area contributed by atoms with E-state index in [1.807, 2.05) is 0 Å². The summed E-state index contributed by atoms with van der Waals surface area (Å²) in [6.07, 6.45) is 3.44. The highest BCUT2D eigenvalue weighted by Crippen LogP contribution is 2.37.